The van der Waals surface area contributed by atoms with Gasteiger partial charge < -0.3 is 9.47 Å². The van der Waals surface area contributed by atoms with Crippen molar-refractivity contribution in [2.24, 2.45) is 11.8 Å². The number of methoxy groups -OCH3 is 1. The molecule has 1 aliphatic heterocycles. The molecule has 0 saturated heterocycles. The van der Waals surface area contributed by atoms with Crippen LogP contribution in [0.2, 0.25) is 0 Å². The molecule has 4 amide bonds. The summed E-state index contributed by atoms with van der Waals surface area (Å²) < 4.78 is 10.8. The van der Waals surface area contributed by atoms with Crippen molar-refractivity contribution < 1.29 is 28.7 Å². The maximum Gasteiger partial charge on any atom is 0.417 e. The largest absolute Gasteiger partial charge is 0.499 e. The van der Waals surface area contributed by atoms with E-state index in [2.05, 4.69) is 0 Å². The van der Waals surface area contributed by atoms with E-state index in [-0.39, 0.29) is 30.9 Å². The van der Waals surface area contributed by atoms with E-state index in [1.54, 1.807) is 41.5 Å². The van der Waals surface area contributed by atoms with Gasteiger partial charge in [-0.05, 0) is 45.4 Å². The Kier molecular flexibility index (Phi) is 12.1. The van der Waals surface area contributed by atoms with Crippen LogP contribution >= 0.6 is 46.4 Å². The highest BCUT2D eigenvalue weighted by Gasteiger charge is 2.47. The van der Waals surface area contributed by atoms with Crippen molar-refractivity contribution in [1.29, 1.82) is 0 Å². The molecule has 8 nitrogen and oxygen atoms in total. The highest BCUT2D eigenvalue weighted by Crippen LogP contribution is 2.32. The third kappa shape index (κ3) is 8.69. The quantitative estimate of drug-likeness (QED) is 0.321. The lowest BCUT2D eigenvalue weighted by atomic mass is 9.98. The maximum atomic E-state index is 13.9. The van der Waals surface area contributed by atoms with Gasteiger partial charge >= 0.3 is 6.09 Å². The topological polar surface area (TPSA) is 93.2 Å². The Bertz CT molecular complexity index is 827. The first-order chi connectivity index (χ1) is 16.0. The number of carbonyl (C=O) groups excluding carboxylic acids is 4. The standard InChI is InChI=1S/C23H34Cl4N2O6/c1-8-17(30)29(22(33)35-23(4,5)6)15(10-13(3)20(26)27)21(32)28-14(9-12(2)19(24)25)16(34-7)11-18(28)31/h11-15,19-20H,8-10H2,1-7H3/t12-,13-,14-,15+/m0/s1. The van der Waals surface area contributed by atoms with Gasteiger partial charge in [0.2, 0.25) is 5.91 Å². The summed E-state index contributed by atoms with van der Waals surface area (Å²) in [5.41, 5.74) is -0.939. The molecular weight excluding hydrogens is 542 g/mol. The molecule has 1 rings (SSSR count). The molecule has 0 spiro atoms. The number of halogens is 4. The summed E-state index contributed by atoms with van der Waals surface area (Å²) in [4.78, 5) is 53.0. The molecule has 0 unspecified atom stereocenters. The SMILES string of the molecule is CCC(=O)N(C(=O)OC(C)(C)C)[C@H](C[C@H](C)C(Cl)Cl)C(=O)N1C(=O)C=C(OC)[C@@H]1C[C@H](C)C(Cl)Cl. The number of hydrogen-bond donors (Lipinski definition) is 0. The molecule has 0 radical (unpaired) electrons. The summed E-state index contributed by atoms with van der Waals surface area (Å²) in [5, 5.41) is 0. The van der Waals surface area contributed by atoms with E-state index < -0.39 is 57.1 Å². The van der Waals surface area contributed by atoms with Crippen LogP contribution in [0.1, 0.15) is 60.8 Å². The molecule has 0 saturated carbocycles. The second-order valence-electron chi connectivity index (χ2n) is 9.52. The average Bonchev–Trinajstić information content (AvgIpc) is 3.05. The summed E-state index contributed by atoms with van der Waals surface area (Å²) in [6, 6.07) is -2.23. The summed E-state index contributed by atoms with van der Waals surface area (Å²) in [6.07, 6.45) is 0.216. The van der Waals surface area contributed by atoms with Crippen LogP contribution in [0, 0.1) is 11.8 Å². The Balaban J connectivity index is 3.54. The third-order valence-corrected chi connectivity index (χ3v) is 7.15. The highest BCUT2D eigenvalue weighted by atomic mass is 35.5. The lowest BCUT2D eigenvalue weighted by Crippen LogP contribution is -2.57. The van der Waals surface area contributed by atoms with E-state index >= 15 is 0 Å². The number of amides is 4. The number of hydrogen-bond acceptors (Lipinski definition) is 6. The van der Waals surface area contributed by atoms with Crippen molar-refractivity contribution in [3.63, 3.8) is 0 Å². The fraction of sp³-hybridized carbons (Fsp3) is 0.739. The Morgan fingerprint density at radius 3 is 2.06 bits per heavy atom. The monoisotopic (exact) mass is 574 g/mol. The van der Waals surface area contributed by atoms with Gasteiger partial charge in [-0.25, -0.2) is 9.69 Å². The minimum atomic E-state index is -1.40. The summed E-state index contributed by atoms with van der Waals surface area (Å²) in [5.74, 6) is -2.66. The molecule has 0 aromatic carbocycles. The first-order valence-corrected chi connectivity index (χ1v) is 13.0. The molecule has 0 bridgehead atoms. The molecular formula is C23H34Cl4N2O6. The minimum Gasteiger partial charge on any atom is -0.499 e. The summed E-state index contributed by atoms with van der Waals surface area (Å²) in [7, 11) is 1.38. The number of rotatable bonds is 10. The number of nitrogens with zero attached hydrogens (tertiary/aromatic N) is 2. The van der Waals surface area contributed by atoms with Crippen LogP contribution in [-0.2, 0) is 23.9 Å². The van der Waals surface area contributed by atoms with Crippen LogP contribution in [0.4, 0.5) is 4.79 Å². The number of ether oxygens (including phenoxy) is 2. The van der Waals surface area contributed by atoms with E-state index in [1.165, 1.54) is 13.2 Å². The van der Waals surface area contributed by atoms with E-state index in [4.69, 9.17) is 55.9 Å². The van der Waals surface area contributed by atoms with Gasteiger partial charge in [-0.2, -0.15) is 0 Å². The lowest BCUT2D eigenvalue weighted by molar-refractivity contribution is -0.152. The molecule has 35 heavy (non-hydrogen) atoms. The van der Waals surface area contributed by atoms with Crippen molar-refractivity contribution in [1.82, 2.24) is 9.80 Å². The van der Waals surface area contributed by atoms with Crippen LogP contribution in [0.3, 0.4) is 0 Å². The Morgan fingerprint density at radius 2 is 1.63 bits per heavy atom. The van der Waals surface area contributed by atoms with Gasteiger partial charge in [-0.1, -0.05) is 20.8 Å². The molecule has 12 heteroatoms. The van der Waals surface area contributed by atoms with Crippen LogP contribution in [0.25, 0.3) is 0 Å². The number of carbonyl (C=O) groups is 4. The van der Waals surface area contributed by atoms with E-state index in [0.29, 0.717) is 0 Å². The van der Waals surface area contributed by atoms with Crippen LogP contribution < -0.4 is 0 Å². The van der Waals surface area contributed by atoms with Gasteiger partial charge in [0.1, 0.15) is 27.1 Å². The van der Waals surface area contributed by atoms with Crippen molar-refractivity contribution in [3.8, 4) is 0 Å². The highest BCUT2D eigenvalue weighted by molar-refractivity contribution is 6.44. The zero-order chi connectivity index (χ0) is 27.2. The van der Waals surface area contributed by atoms with Crippen LogP contribution in [0.15, 0.2) is 11.8 Å². The second kappa shape index (κ2) is 13.4. The normalized spacial score (nSPS) is 18.9. The van der Waals surface area contributed by atoms with Gasteiger partial charge in [0.25, 0.3) is 11.8 Å². The predicted octanol–water partition coefficient (Wildman–Crippen LogP) is 5.46. The van der Waals surface area contributed by atoms with E-state index in [1.807, 2.05) is 0 Å². The fourth-order valence-electron chi connectivity index (χ4n) is 3.52. The summed E-state index contributed by atoms with van der Waals surface area (Å²) in [6.45, 7) is 9.90. The first-order valence-electron chi connectivity index (χ1n) is 11.3. The zero-order valence-electron chi connectivity index (χ0n) is 21.0. The van der Waals surface area contributed by atoms with E-state index in [9.17, 15) is 19.2 Å². The Morgan fingerprint density at radius 1 is 1.09 bits per heavy atom. The minimum absolute atomic E-state index is 0.0846. The summed E-state index contributed by atoms with van der Waals surface area (Å²) >= 11 is 24.1. The fourth-order valence-corrected chi connectivity index (χ4v) is 3.93. The van der Waals surface area contributed by atoms with Gasteiger partial charge in [0.05, 0.1) is 13.2 Å². The number of alkyl halides is 4. The molecule has 200 valence electrons. The van der Waals surface area contributed by atoms with Crippen molar-refractivity contribution in [2.75, 3.05) is 7.11 Å². The van der Waals surface area contributed by atoms with Crippen molar-refractivity contribution in [3.05, 3.63) is 11.8 Å². The maximum absolute atomic E-state index is 13.9. The molecule has 0 fully saturated rings. The first kappa shape index (κ1) is 31.8. The smallest absolute Gasteiger partial charge is 0.417 e. The van der Waals surface area contributed by atoms with Gasteiger partial charge in [-0.3, -0.25) is 19.3 Å². The molecule has 4 atom stereocenters. The molecule has 0 N–H and O–H groups in total. The van der Waals surface area contributed by atoms with Crippen molar-refractivity contribution in [2.45, 2.75) is 88.2 Å². The Hall–Kier alpha value is -1.22. The lowest BCUT2D eigenvalue weighted by Gasteiger charge is -2.36. The molecule has 0 aromatic heterocycles. The third-order valence-electron chi connectivity index (χ3n) is 5.42. The average molecular weight is 576 g/mol. The van der Waals surface area contributed by atoms with Crippen molar-refractivity contribution >= 4 is 70.2 Å². The Labute approximate surface area is 227 Å². The van der Waals surface area contributed by atoms with Crippen LogP contribution in [0.5, 0.6) is 0 Å². The van der Waals surface area contributed by atoms with E-state index in [0.717, 1.165) is 9.80 Å². The predicted molar refractivity (Wildman–Crippen MR) is 136 cm³/mol. The van der Waals surface area contributed by atoms with Gasteiger partial charge in [0, 0.05) is 12.5 Å². The van der Waals surface area contributed by atoms with Gasteiger partial charge in [-0.15, -0.1) is 46.4 Å². The molecule has 1 heterocycles. The molecule has 0 aliphatic carbocycles. The second-order valence-corrected chi connectivity index (χ2v) is 11.8. The van der Waals surface area contributed by atoms with Crippen LogP contribution in [-0.4, -0.2) is 68.1 Å². The zero-order valence-corrected chi connectivity index (χ0v) is 24.0. The number of imide groups is 2. The molecule has 1 aliphatic rings. The molecule has 0 aromatic rings. The van der Waals surface area contributed by atoms with Gasteiger partial charge in [0.15, 0.2) is 0 Å².